The summed E-state index contributed by atoms with van der Waals surface area (Å²) in [5.41, 5.74) is 2.16. The number of hydrogen-bond acceptors (Lipinski definition) is 4. The standard InChI is InChI=1S/C9H19N3O2/c1-7(9(13)11-10)5-12(2)8-3-4-14-6-8/h7-8H,3-6,10H2,1-2H3,(H,11,13). The average molecular weight is 201 g/mol. The van der Waals surface area contributed by atoms with Crippen molar-refractivity contribution in [2.45, 2.75) is 19.4 Å². The molecule has 1 aliphatic heterocycles. The Morgan fingerprint density at radius 3 is 3.00 bits per heavy atom. The number of likely N-dealkylation sites (N-methyl/N-ethyl adjacent to an activating group) is 1. The maximum atomic E-state index is 11.2. The smallest absolute Gasteiger partial charge is 0.237 e. The predicted octanol–water partition coefficient (Wildman–Crippen LogP) is -0.667. The van der Waals surface area contributed by atoms with Crippen LogP contribution in [0.3, 0.4) is 0 Å². The fraction of sp³-hybridized carbons (Fsp3) is 0.889. The maximum absolute atomic E-state index is 11.2. The number of nitrogens with one attached hydrogen (secondary N) is 1. The van der Waals surface area contributed by atoms with Crippen LogP contribution in [0.25, 0.3) is 0 Å². The van der Waals surface area contributed by atoms with Crippen molar-refractivity contribution in [3.05, 3.63) is 0 Å². The largest absolute Gasteiger partial charge is 0.380 e. The van der Waals surface area contributed by atoms with Crippen LogP contribution < -0.4 is 11.3 Å². The van der Waals surface area contributed by atoms with Crippen molar-refractivity contribution in [2.75, 3.05) is 26.8 Å². The van der Waals surface area contributed by atoms with Gasteiger partial charge in [0.05, 0.1) is 6.61 Å². The second-order valence-corrected chi connectivity index (χ2v) is 3.87. The van der Waals surface area contributed by atoms with Crippen LogP contribution in [0, 0.1) is 5.92 Å². The molecule has 0 aromatic carbocycles. The zero-order valence-corrected chi connectivity index (χ0v) is 8.82. The summed E-state index contributed by atoms with van der Waals surface area (Å²) in [5.74, 6) is 4.87. The number of nitrogens with zero attached hydrogens (tertiary/aromatic N) is 1. The summed E-state index contributed by atoms with van der Waals surface area (Å²) in [6, 6.07) is 0.447. The molecule has 1 fully saturated rings. The van der Waals surface area contributed by atoms with Gasteiger partial charge in [-0.05, 0) is 13.5 Å². The average Bonchev–Trinajstić information content (AvgIpc) is 2.69. The van der Waals surface area contributed by atoms with Gasteiger partial charge in [-0.15, -0.1) is 0 Å². The van der Waals surface area contributed by atoms with Crippen molar-refractivity contribution >= 4 is 5.91 Å². The van der Waals surface area contributed by atoms with E-state index in [1.807, 2.05) is 14.0 Å². The first-order valence-electron chi connectivity index (χ1n) is 4.93. The van der Waals surface area contributed by atoms with Gasteiger partial charge in [-0.1, -0.05) is 6.92 Å². The molecule has 1 saturated heterocycles. The van der Waals surface area contributed by atoms with Crippen molar-refractivity contribution in [1.29, 1.82) is 0 Å². The molecule has 0 aliphatic carbocycles. The highest BCUT2D eigenvalue weighted by molar-refractivity contribution is 5.77. The minimum absolute atomic E-state index is 0.0781. The van der Waals surface area contributed by atoms with Crippen molar-refractivity contribution in [1.82, 2.24) is 10.3 Å². The molecule has 0 aromatic heterocycles. The Morgan fingerprint density at radius 1 is 1.79 bits per heavy atom. The highest BCUT2D eigenvalue weighted by atomic mass is 16.5. The monoisotopic (exact) mass is 201 g/mol. The Morgan fingerprint density at radius 2 is 2.50 bits per heavy atom. The van der Waals surface area contributed by atoms with Gasteiger partial charge in [0.2, 0.25) is 5.91 Å². The lowest BCUT2D eigenvalue weighted by atomic mass is 10.1. The van der Waals surface area contributed by atoms with Gasteiger partial charge in [0.15, 0.2) is 0 Å². The number of rotatable bonds is 4. The third-order valence-corrected chi connectivity index (χ3v) is 2.68. The van der Waals surface area contributed by atoms with Crippen LogP contribution in [0.1, 0.15) is 13.3 Å². The van der Waals surface area contributed by atoms with Crippen LogP contribution in [-0.4, -0.2) is 43.7 Å². The first-order chi connectivity index (χ1) is 6.65. The number of nitrogens with two attached hydrogens (primary N) is 1. The number of hydrazine groups is 1. The zero-order chi connectivity index (χ0) is 10.6. The molecular formula is C9H19N3O2. The van der Waals surface area contributed by atoms with E-state index in [-0.39, 0.29) is 11.8 Å². The topological polar surface area (TPSA) is 67.6 Å². The number of hydrogen-bond donors (Lipinski definition) is 2. The van der Waals surface area contributed by atoms with Crippen LogP contribution in [0.2, 0.25) is 0 Å². The van der Waals surface area contributed by atoms with Crippen molar-refractivity contribution in [3.63, 3.8) is 0 Å². The number of carbonyl (C=O) groups is 1. The summed E-state index contributed by atoms with van der Waals surface area (Å²) in [6.07, 6.45) is 1.05. The fourth-order valence-corrected chi connectivity index (χ4v) is 1.68. The van der Waals surface area contributed by atoms with Gasteiger partial charge >= 0.3 is 0 Å². The van der Waals surface area contributed by atoms with E-state index >= 15 is 0 Å². The molecule has 1 aliphatic rings. The SMILES string of the molecule is CC(CN(C)C1CCOC1)C(=O)NN. The van der Waals surface area contributed by atoms with Crippen molar-refractivity contribution in [3.8, 4) is 0 Å². The fourth-order valence-electron chi connectivity index (χ4n) is 1.68. The van der Waals surface area contributed by atoms with Gasteiger partial charge in [-0.2, -0.15) is 0 Å². The van der Waals surface area contributed by atoms with E-state index in [1.165, 1.54) is 0 Å². The van der Waals surface area contributed by atoms with E-state index in [9.17, 15) is 4.79 Å². The first-order valence-corrected chi connectivity index (χ1v) is 4.93. The van der Waals surface area contributed by atoms with Crippen molar-refractivity contribution in [2.24, 2.45) is 11.8 Å². The predicted molar refractivity (Wildman–Crippen MR) is 53.3 cm³/mol. The Balaban J connectivity index is 2.31. The summed E-state index contributed by atoms with van der Waals surface area (Å²) in [4.78, 5) is 13.3. The normalized spacial score (nSPS) is 23.9. The molecular weight excluding hydrogens is 182 g/mol. The zero-order valence-electron chi connectivity index (χ0n) is 8.82. The van der Waals surface area contributed by atoms with Gasteiger partial charge in [-0.3, -0.25) is 10.2 Å². The molecule has 0 spiro atoms. The van der Waals surface area contributed by atoms with Crippen molar-refractivity contribution < 1.29 is 9.53 Å². The molecule has 82 valence electrons. The van der Waals surface area contributed by atoms with Gasteiger partial charge in [-0.25, -0.2) is 5.84 Å². The van der Waals surface area contributed by atoms with Crippen LogP contribution in [0.15, 0.2) is 0 Å². The first kappa shape index (κ1) is 11.4. The van der Waals surface area contributed by atoms with E-state index in [2.05, 4.69) is 10.3 Å². The van der Waals surface area contributed by atoms with E-state index < -0.39 is 0 Å². The molecule has 1 heterocycles. The Hall–Kier alpha value is -0.650. The molecule has 0 saturated carbocycles. The lowest BCUT2D eigenvalue weighted by molar-refractivity contribution is -0.125. The second-order valence-electron chi connectivity index (χ2n) is 3.87. The van der Waals surface area contributed by atoms with E-state index in [1.54, 1.807) is 0 Å². The van der Waals surface area contributed by atoms with E-state index in [4.69, 9.17) is 10.6 Å². The summed E-state index contributed by atoms with van der Waals surface area (Å²) in [5, 5.41) is 0. The maximum Gasteiger partial charge on any atom is 0.237 e. The van der Waals surface area contributed by atoms with Crippen LogP contribution >= 0.6 is 0 Å². The molecule has 5 nitrogen and oxygen atoms in total. The lowest BCUT2D eigenvalue weighted by Gasteiger charge is -2.25. The van der Waals surface area contributed by atoms with Gasteiger partial charge in [0.25, 0.3) is 0 Å². The molecule has 2 atom stereocenters. The third-order valence-electron chi connectivity index (χ3n) is 2.68. The Kier molecular flexibility index (Phi) is 4.31. The summed E-state index contributed by atoms with van der Waals surface area (Å²) >= 11 is 0. The van der Waals surface area contributed by atoms with Gasteiger partial charge < -0.3 is 9.64 Å². The molecule has 5 heteroatoms. The Bertz CT molecular complexity index is 192. The van der Waals surface area contributed by atoms with Gasteiger partial charge in [0, 0.05) is 25.1 Å². The summed E-state index contributed by atoms with van der Waals surface area (Å²) in [6.45, 7) is 4.19. The van der Waals surface area contributed by atoms with E-state index in [0.717, 1.165) is 26.2 Å². The molecule has 0 radical (unpaired) electrons. The van der Waals surface area contributed by atoms with Crippen LogP contribution in [0.4, 0.5) is 0 Å². The minimum atomic E-state index is -0.115. The molecule has 1 amide bonds. The molecule has 0 bridgehead atoms. The molecule has 3 N–H and O–H groups in total. The number of ether oxygens (including phenoxy) is 1. The highest BCUT2D eigenvalue weighted by Crippen LogP contribution is 2.12. The van der Waals surface area contributed by atoms with Crippen LogP contribution in [-0.2, 0) is 9.53 Å². The summed E-state index contributed by atoms with van der Waals surface area (Å²) < 4.78 is 5.28. The van der Waals surface area contributed by atoms with Crippen LogP contribution in [0.5, 0.6) is 0 Å². The quantitative estimate of drug-likeness (QED) is 0.360. The van der Waals surface area contributed by atoms with Gasteiger partial charge in [0.1, 0.15) is 0 Å². The molecule has 2 unspecified atom stereocenters. The molecule has 1 rings (SSSR count). The summed E-state index contributed by atoms with van der Waals surface area (Å²) in [7, 11) is 2.01. The molecule has 14 heavy (non-hydrogen) atoms. The lowest BCUT2D eigenvalue weighted by Crippen LogP contribution is -2.42. The minimum Gasteiger partial charge on any atom is -0.380 e. The van der Waals surface area contributed by atoms with E-state index in [0.29, 0.717) is 6.04 Å². The Labute approximate surface area is 84.5 Å². The third kappa shape index (κ3) is 2.94. The highest BCUT2D eigenvalue weighted by Gasteiger charge is 2.23. The second kappa shape index (κ2) is 5.29. The number of carbonyl (C=O) groups excluding carboxylic acids is 1. The number of amides is 1. The molecule has 0 aromatic rings.